The predicted octanol–water partition coefficient (Wildman–Crippen LogP) is 2.19. The SMILES string of the molecule is Cc1nc(NC(C)C(=O)O)c2c(C)csc2n1. The molecule has 0 aliphatic rings. The topological polar surface area (TPSA) is 75.1 Å². The maximum Gasteiger partial charge on any atom is 0.325 e. The molecular weight excluding hydrogens is 238 g/mol. The van der Waals surface area contributed by atoms with Gasteiger partial charge in [0.25, 0.3) is 0 Å². The van der Waals surface area contributed by atoms with Gasteiger partial charge in [0.05, 0.1) is 5.39 Å². The summed E-state index contributed by atoms with van der Waals surface area (Å²) in [7, 11) is 0. The van der Waals surface area contributed by atoms with E-state index in [9.17, 15) is 4.79 Å². The molecule has 0 aliphatic heterocycles. The number of anilines is 1. The number of carboxylic acids is 1. The van der Waals surface area contributed by atoms with Crippen molar-refractivity contribution >= 4 is 33.3 Å². The number of fused-ring (bicyclic) bond motifs is 1. The third kappa shape index (κ3) is 2.21. The summed E-state index contributed by atoms with van der Waals surface area (Å²) in [6.07, 6.45) is 0. The molecule has 17 heavy (non-hydrogen) atoms. The Hall–Kier alpha value is -1.69. The highest BCUT2D eigenvalue weighted by Crippen LogP contribution is 2.29. The third-order valence-corrected chi connectivity index (χ3v) is 3.44. The van der Waals surface area contributed by atoms with Crippen LogP contribution in [0.1, 0.15) is 18.3 Å². The minimum atomic E-state index is -0.901. The van der Waals surface area contributed by atoms with Crippen molar-refractivity contribution in [1.82, 2.24) is 9.97 Å². The van der Waals surface area contributed by atoms with Gasteiger partial charge in [0.15, 0.2) is 0 Å². The van der Waals surface area contributed by atoms with E-state index in [-0.39, 0.29) is 0 Å². The number of rotatable bonds is 3. The van der Waals surface area contributed by atoms with Gasteiger partial charge < -0.3 is 10.4 Å². The number of hydrogen-bond acceptors (Lipinski definition) is 5. The number of thiophene rings is 1. The van der Waals surface area contributed by atoms with Gasteiger partial charge in [0.2, 0.25) is 0 Å². The summed E-state index contributed by atoms with van der Waals surface area (Å²) in [5.74, 6) is 0.336. The maximum absolute atomic E-state index is 10.8. The minimum Gasteiger partial charge on any atom is -0.480 e. The number of hydrogen-bond donors (Lipinski definition) is 2. The normalized spacial score (nSPS) is 12.6. The molecule has 2 rings (SSSR count). The minimum absolute atomic E-state index is 0.598. The van der Waals surface area contributed by atoms with Crippen LogP contribution in [-0.4, -0.2) is 27.1 Å². The van der Waals surface area contributed by atoms with Crippen molar-refractivity contribution < 1.29 is 9.90 Å². The molecule has 5 nitrogen and oxygen atoms in total. The van der Waals surface area contributed by atoms with Crippen LogP contribution in [0.25, 0.3) is 10.2 Å². The lowest BCUT2D eigenvalue weighted by molar-refractivity contribution is -0.137. The van der Waals surface area contributed by atoms with E-state index in [0.717, 1.165) is 15.8 Å². The van der Waals surface area contributed by atoms with Crippen LogP contribution < -0.4 is 5.32 Å². The molecule has 0 radical (unpaired) electrons. The molecule has 2 aromatic heterocycles. The number of aromatic nitrogens is 2. The highest BCUT2D eigenvalue weighted by atomic mass is 32.1. The second kappa shape index (κ2) is 4.29. The summed E-state index contributed by atoms with van der Waals surface area (Å²) >= 11 is 1.54. The zero-order valence-corrected chi connectivity index (χ0v) is 10.6. The fourth-order valence-electron chi connectivity index (χ4n) is 1.56. The second-order valence-electron chi connectivity index (χ2n) is 3.92. The number of carbonyl (C=O) groups is 1. The molecule has 0 aromatic carbocycles. The van der Waals surface area contributed by atoms with Crippen molar-refractivity contribution in [2.24, 2.45) is 0 Å². The van der Waals surface area contributed by atoms with Crippen molar-refractivity contribution in [1.29, 1.82) is 0 Å². The van der Waals surface area contributed by atoms with Gasteiger partial charge in [-0.15, -0.1) is 11.3 Å². The van der Waals surface area contributed by atoms with Crippen LogP contribution in [0.15, 0.2) is 5.38 Å². The Kier molecular flexibility index (Phi) is 2.97. The van der Waals surface area contributed by atoms with E-state index in [0.29, 0.717) is 11.6 Å². The predicted molar refractivity (Wildman–Crippen MR) is 67.6 cm³/mol. The fraction of sp³-hybridized carbons (Fsp3) is 0.364. The first-order chi connectivity index (χ1) is 7.99. The number of aryl methyl sites for hydroxylation is 2. The average Bonchev–Trinajstić information content (AvgIpc) is 2.59. The van der Waals surface area contributed by atoms with Crippen LogP contribution in [0.3, 0.4) is 0 Å². The fourth-order valence-corrected chi connectivity index (χ4v) is 2.53. The Morgan fingerprint density at radius 2 is 2.18 bits per heavy atom. The lowest BCUT2D eigenvalue weighted by Crippen LogP contribution is -2.26. The largest absolute Gasteiger partial charge is 0.480 e. The monoisotopic (exact) mass is 251 g/mol. The van der Waals surface area contributed by atoms with Gasteiger partial charge in [-0.3, -0.25) is 4.79 Å². The molecule has 0 saturated carbocycles. The molecule has 0 spiro atoms. The Bertz CT molecular complexity index is 579. The lowest BCUT2D eigenvalue weighted by Gasteiger charge is -2.11. The zero-order valence-electron chi connectivity index (χ0n) is 9.81. The van der Waals surface area contributed by atoms with Gasteiger partial charge in [-0.25, -0.2) is 9.97 Å². The molecule has 0 fully saturated rings. The van der Waals surface area contributed by atoms with Gasteiger partial charge in [0, 0.05) is 0 Å². The molecule has 0 saturated heterocycles. The van der Waals surface area contributed by atoms with Gasteiger partial charge in [-0.1, -0.05) is 0 Å². The van der Waals surface area contributed by atoms with Crippen molar-refractivity contribution in [3.8, 4) is 0 Å². The van der Waals surface area contributed by atoms with E-state index in [4.69, 9.17) is 5.11 Å². The van der Waals surface area contributed by atoms with Crippen molar-refractivity contribution in [3.05, 3.63) is 16.8 Å². The summed E-state index contributed by atoms with van der Waals surface area (Å²) in [4.78, 5) is 20.3. The Morgan fingerprint density at radius 3 is 2.82 bits per heavy atom. The molecule has 2 heterocycles. The summed E-state index contributed by atoms with van der Waals surface area (Å²) in [6.45, 7) is 5.35. The summed E-state index contributed by atoms with van der Waals surface area (Å²) in [5.41, 5.74) is 1.06. The highest BCUT2D eigenvalue weighted by Gasteiger charge is 2.15. The van der Waals surface area contributed by atoms with Crippen LogP contribution >= 0.6 is 11.3 Å². The van der Waals surface area contributed by atoms with E-state index in [2.05, 4.69) is 15.3 Å². The number of carboxylic acid groups (broad SMARTS) is 1. The average molecular weight is 251 g/mol. The molecule has 1 unspecified atom stereocenters. The van der Waals surface area contributed by atoms with Crippen molar-refractivity contribution in [3.63, 3.8) is 0 Å². The van der Waals surface area contributed by atoms with Crippen LogP contribution in [0.2, 0.25) is 0 Å². The van der Waals surface area contributed by atoms with Crippen LogP contribution in [0.5, 0.6) is 0 Å². The second-order valence-corrected chi connectivity index (χ2v) is 4.78. The molecule has 0 aliphatic carbocycles. The Balaban J connectivity index is 2.51. The first-order valence-electron chi connectivity index (χ1n) is 5.21. The maximum atomic E-state index is 10.8. The van der Waals surface area contributed by atoms with Gasteiger partial charge in [-0.05, 0) is 31.7 Å². The summed E-state index contributed by atoms with van der Waals surface area (Å²) < 4.78 is 0. The number of nitrogens with zero attached hydrogens (tertiary/aromatic N) is 2. The number of aliphatic carboxylic acids is 1. The van der Waals surface area contributed by atoms with Crippen molar-refractivity contribution in [2.45, 2.75) is 26.8 Å². The molecule has 0 bridgehead atoms. The summed E-state index contributed by atoms with van der Waals surface area (Å²) in [6, 6.07) is -0.674. The Labute approximate surface area is 103 Å². The van der Waals surface area contributed by atoms with E-state index < -0.39 is 12.0 Å². The molecular formula is C11H13N3O2S. The van der Waals surface area contributed by atoms with Crippen molar-refractivity contribution in [2.75, 3.05) is 5.32 Å². The quantitative estimate of drug-likeness (QED) is 0.874. The van der Waals surface area contributed by atoms with E-state index in [1.165, 1.54) is 11.3 Å². The molecule has 2 aromatic rings. The lowest BCUT2D eigenvalue weighted by atomic mass is 10.2. The molecule has 2 N–H and O–H groups in total. The molecule has 6 heteroatoms. The smallest absolute Gasteiger partial charge is 0.325 e. The van der Waals surface area contributed by atoms with E-state index in [1.54, 1.807) is 13.8 Å². The highest BCUT2D eigenvalue weighted by molar-refractivity contribution is 7.17. The summed E-state index contributed by atoms with van der Waals surface area (Å²) in [5, 5.41) is 14.7. The van der Waals surface area contributed by atoms with E-state index >= 15 is 0 Å². The van der Waals surface area contributed by atoms with Crippen LogP contribution in [0, 0.1) is 13.8 Å². The van der Waals surface area contributed by atoms with Crippen LogP contribution in [0.4, 0.5) is 5.82 Å². The molecule has 1 atom stereocenters. The van der Waals surface area contributed by atoms with Gasteiger partial charge in [0.1, 0.15) is 22.5 Å². The third-order valence-electron chi connectivity index (χ3n) is 2.45. The van der Waals surface area contributed by atoms with E-state index in [1.807, 2.05) is 12.3 Å². The zero-order chi connectivity index (χ0) is 12.6. The van der Waals surface area contributed by atoms with Crippen LogP contribution in [-0.2, 0) is 4.79 Å². The Morgan fingerprint density at radius 1 is 1.47 bits per heavy atom. The number of nitrogens with one attached hydrogen (secondary N) is 1. The van der Waals surface area contributed by atoms with Gasteiger partial charge >= 0.3 is 5.97 Å². The first kappa shape index (κ1) is 11.8. The molecule has 0 amide bonds. The van der Waals surface area contributed by atoms with Gasteiger partial charge in [-0.2, -0.15) is 0 Å². The first-order valence-corrected chi connectivity index (χ1v) is 6.09. The molecule has 90 valence electrons. The standard InChI is InChI=1S/C11H13N3O2S/c1-5-4-17-10-8(5)9(13-7(3)14-10)12-6(2)11(15)16/h4,6H,1-3H3,(H,15,16)(H,12,13,14).